The van der Waals surface area contributed by atoms with Gasteiger partial charge in [0.2, 0.25) is 0 Å². The van der Waals surface area contributed by atoms with Crippen LogP contribution in [0.4, 0.5) is 0 Å². The minimum atomic E-state index is -1.06. The van der Waals surface area contributed by atoms with E-state index in [9.17, 15) is 9.90 Å². The summed E-state index contributed by atoms with van der Waals surface area (Å²) in [6.45, 7) is 7.72. The van der Waals surface area contributed by atoms with Crippen molar-refractivity contribution in [3.63, 3.8) is 0 Å². The van der Waals surface area contributed by atoms with Crippen molar-refractivity contribution in [2.24, 2.45) is 0 Å². The van der Waals surface area contributed by atoms with E-state index < -0.39 is 5.60 Å². The van der Waals surface area contributed by atoms with Crippen LogP contribution in [-0.4, -0.2) is 45.8 Å². The maximum absolute atomic E-state index is 12.6. The Morgan fingerprint density at radius 3 is 2.59 bits per heavy atom. The number of aliphatic hydroxyl groups excluding tert-OH is 1. The Balaban J connectivity index is 2.99. The summed E-state index contributed by atoms with van der Waals surface area (Å²) in [5.41, 5.74) is 0.193. The van der Waals surface area contributed by atoms with Crippen LogP contribution in [0.15, 0.2) is 24.3 Å². The van der Waals surface area contributed by atoms with Crippen LogP contribution in [0.2, 0.25) is 0 Å². The molecule has 0 saturated carbocycles. The van der Waals surface area contributed by atoms with Crippen molar-refractivity contribution < 1.29 is 15.0 Å². The van der Waals surface area contributed by atoms with Gasteiger partial charge in [-0.3, -0.25) is 4.79 Å². The normalized spacial score (nSPS) is 11.0. The first-order chi connectivity index (χ1) is 10.2. The third-order valence-corrected chi connectivity index (χ3v) is 3.06. The molecule has 0 aromatic heterocycles. The van der Waals surface area contributed by atoms with Crippen LogP contribution in [0.5, 0.6) is 0 Å². The molecule has 0 saturated heterocycles. The molecule has 22 heavy (non-hydrogen) atoms. The van der Waals surface area contributed by atoms with Crippen molar-refractivity contribution in [3.8, 4) is 11.8 Å². The monoisotopic (exact) mass is 303 g/mol. The van der Waals surface area contributed by atoms with E-state index >= 15 is 0 Å². The van der Waals surface area contributed by atoms with Crippen LogP contribution in [0.1, 0.15) is 50.0 Å². The molecule has 4 nitrogen and oxygen atoms in total. The second-order valence-corrected chi connectivity index (χ2v) is 6.06. The minimum Gasteiger partial charge on any atom is -0.396 e. The van der Waals surface area contributed by atoms with Gasteiger partial charge in [-0.15, -0.1) is 0 Å². The van der Waals surface area contributed by atoms with Crippen molar-refractivity contribution in [3.05, 3.63) is 35.4 Å². The van der Waals surface area contributed by atoms with Crippen molar-refractivity contribution in [1.82, 2.24) is 4.90 Å². The van der Waals surface area contributed by atoms with Gasteiger partial charge in [0.05, 0.1) is 0 Å². The summed E-state index contributed by atoms with van der Waals surface area (Å²) in [5.74, 6) is 5.54. The summed E-state index contributed by atoms with van der Waals surface area (Å²) in [6, 6.07) is 7.14. The number of hydrogen-bond donors (Lipinski definition) is 2. The number of rotatable bonds is 5. The summed E-state index contributed by atoms with van der Waals surface area (Å²) in [6.07, 6.45) is 0.558. The average Bonchev–Trinajstić information content (AvgIpc) is 2.44. The van der Waals surface area contributed by atoms with Gasteiger partial charge in [0.1, 0.15) is 5.60 Å². The molecular formula is C18H25NO3. The van der Waals surface area contributed by atoms with E-state index in [4.69, 9.17) is 5.11 Å². The molecular weight excluding hydrogens is 278 g/mol. The number of nitrogens with zero attached hydrogens (tertiary/aromatic N) is 1. The van der Waals surface area contributed by atoms with Crippen LogP contribution in [0, 0.1) is 11.8 Å². The summed E-state index contributed by atoms with van der Waals surface area (Å²) in [7, 11) is 0. The Labute approximate surface area is 132 Å². The Kier molecular flexibility index (Phi) is 6.61. The molecule has 0 heterocycles. The number of hydrogen-bond acceptors (Lipinski definition) is 3. The second kappa shape index (κ2) is 7.98. The SMILES string of the molecule is CC(C)N(CCCO)C(=O)c1cccc(C#CC(C)(C)O)c1. The third kappa shape index (κ3) is 5.88. The topological polar surface area (TPSA) is 60.8 Å². The lowest BCUT2D eigenvalue weighted by molar-refractivity contribution is 0.0693. The highest BCUT2D eigenvalue weighted by molar-refractivity contribution is 5.94. The first kappa shape index (κ1) is 18.2. The molecule has 1 aromatic carbocycles. The van der Waals surface area contributed by atoms with Gasteiger partial charge in [-0.1, -0.05) is 17.9 Å². The zero-order valence-electron chi connectivity index (χ0n) is 13.8. The molecule has 120 valence electrons. The molecule has 0 unspecified atom stereocenters. The fourth-order valence-corrected chi connectivity index (χ4v) is 1.96. The van der Waals surface area contributed by atoms with E-state index in [2.05, 4.69) is 11.8 Å². The Morgan fingerprint density at radius 1 is 1.36 bits per heavy atom. The molecule has 2 N–H and O–H groups in total. The van der Waals surface area contributed by atoms with Gasteiger partial charge in [-0.2, -0.15) is 0 Å². The summed E-state index contributed by atoms with van der Waals surface area (Å²) < 4.78 is 0. The summed E-state index contributed by atoms with van der Waals surface area (Å²) in [4.78, 5) is 14.3. The minimum absolute atomic E-state index is 0.0603. The van der Waals surface area contributed by atoms with Gasteiger partial charge in [-0.25, -0.2) is 0 Å². The number of benzene rings is 1. The highest BCUT2D eigenvalue weighted by Gasteiger charge is 2.18. The van der Waals surface area contributed by atoms with Crippen molar-refractivity contribution in [2.45, 2.75) is 45.8 Å². The predicted octanol–water partition coefficient (Wildman–Crippen LogP) is 2.04. The lowest BCUT2D eigenvalue weighted by atomic mass is 10.1. The predicted molar refractivity (Wildman–Crippen MR) is 87.5 cm³/mol. The van der Waals surface area contributed by atoms with E-state index in [1.807, 2.05) is 19.9 Å². The van der Waals surface area contributed by atoms with Crippen LogP contribution >= 0.6 is 0 Å². The first-order valence-corrected chi connectivity index (χ1v) is 7.52. The molecule has 0 aliphatic heterocycles. The van der Waals surface area contributed by atoms with E-state index in [0.29, 0.717) is 24.1 Å². The van der Waals surface area contributed by atoms with Crippen LogP contribution in [0.3, 0.4) is 0 Å². The maximum atomic E-state index is 12.6. The van der Waals surface area contributed by atoms with E-state index in [1.54, 1.807) is 36.9 Å². The molecule has 0 atom stereocenters. The Hall–Kier alpha value is -1.83. The molecule has 1 amide bonds. The highest BCUT2D eigenvalue weighted by atomic mass is 16.3. The van der Waals surface area contributed by atoms with Gasteiger partial charge >= 0.3 is 0 Å². The molecule has 0 aliphatic carbocycles. The van der Waals surface area contributed by atoms with Gasteiger partial charge in [0.15, 0.2) is 0 Å². The zero-order chi connectivity index (χ0) is 16.8. The van der Waals surface area contributed by atoms with Gasteiger partial charge in [0.25, 0.3) is 5.91 Å². The van der Waals surface area contributed by atoms with Crippen molar-refractivity contribution in [1.29, 1.82) is 0 Å². The van der Waals surface area contributed by atoms with E-state index in [0.717, 1.165) is 0 Å². The molecule has 1 rings (SSSR count). The lowest BCUT2D eigenvalue weighted by Crippen LogP contribution is -2.38. The average molecular weight is 303 g/mol. The largest absolute Gasteiger partial charge is 0.396 e. The van der Waals surface area contributed by atoms with E-state index in [1.165, 1.54) is 0 Å². The molecule has 0 spiro atoms. The highest BCUT2D eigenvalue weighted by Crippen LogP contribution is 2.11. The summed E-state index contributed by atoms with van der Waals surface area (Å²) in [5, 5.41) is 18.6. The van der Waals surface area contributed by atoms with Crippen molar-refractivity contribution in [2.75, 3.05) is 13.2 Å². The standard InChI is InChI=1S/C18H25NO3/c1-14(2)19(11-6-12-20)17(21)16-8-5-7-15(13-16)9-10-18(3,4)22/h5,7-8,13-14,20,22H,6,11-12H2,1-4H3. The fraction of sp³-hybridized carbons (Fsp3) is 0.500. The molecule has 1 aromatic rings. The van der Waals surface area contributed by atoms with E-state index in [-0.39, 0.29) is 18.6 Å². The smallest absolute Gasteiger partial charge is 0.254 e. The number of carbonyl (C=O) groups excluding carboxylic acids is 1. The number of amides is 1. The first-order valence-electron chi connectivity index (χ1n) is 7.52. The molecule has 0 radical (unpaired) electrons. The second-order valence-electron chi connectivity index (χ2n) is 6.06. The zero-order valence-corrected chi connectivity index (χ0v) is 13.8. The molecule has 0 fully saturated rings. The lowest BCUT2D eigenvalue weighted by Gasteiger charge is -2.26. The number of carbonyl (C=O) groups is 1. The molecule has 0 bridgehead atoms. The Bertz CT molecular complexity index is 562. The Morgan fingerprint density at radius 2 is 2.05 bits per heavy atom. The molecule has 0 aliphatic rings. The number of aliphatic hydroxyl groups is 2. The van der Waals surface area contributed by atoms with Gasteiger partial charge in [-0.05, 0) is 52.3 Å². The van der Waals surface area contributed by atoms with Gasteiger partial charge < -0.3 is 15.1 Å². The summed E-state index contributed by atoms with van der Waals surface area (Å²) >= 11 is 0. The van der Waals surface area contributed by atoms with Crippen molar-refractivity contribution >= 4 is 5.91 Å². The van der Waals surface area contributed by atoms with Gasteiger partial charge in [0, 0.05) is 30.3 Å². The van der Waals surface area contributed by atoms with Crippen LogP contribution < -0.4 is 0 Å². The molecule has 4 heteroatoms. The van der Waals surface area contributed by atoms with Crippen LogP contribution in [-0.2, 0) is 0 Å². The maximum Gasteiger partial charge on any atom is 0.254 e. The third-order valence-electron chi connectivity index (χ3n) is 3.06. The quantitative estimate of drug-likeness (QED) is 0.818. The fourth-order valence-electron chi connectivity index (χ4n) is 1.96. The van der Waals surface area contributed by atoms with Crippen LogP contribution in [0.25, 0.3) is 0 Å².